The summed E-state index contributed by atoms with van der Waals surface area (Å²) in [6, 6.07) is 14.1. The molecule has 0 atom stereocenters. The van der Waals surface area contributed by atoms with Crippen molar-refractivity contribution in [2.24, 2.45) is 5.41 Å². The van der Waals surface area contributed by atoms with Crippen LogP contribution < -0.4 is 4.74 Å². The molecule has 0 amide bonds. The molecule has 0 fully saturated rings. The van der Waals surface area contributed by atoms with Gasteiger partial charge in [0.25, 0.3) is 0 Å². The molecule has 2 aromatic carbocycles. The molecule has 1 aliphatic carbocycles. The van der Waals surface area contributed by atoms with Crippen molar-refractivity contribution in [1.29, 1.82) is 0 Å². The van der Waals surface area contributed by atoms with E-state index in [9.17, 15) is 4.79 Å². The first-order chi connectivity index (χ1) is 9.94. The Kier molecular flexibility index (Phi) is 3.32. The number of ether oxygens (including phenoxy) is 1. The van der Waals surface area contributed by atoms with Crippen molar-refractivity contribution in [3.8, 4) is 5.75 Å². The molecule has 0 unspecified atom stereocenters. The molecule has 3 rings (SSSR count). The molecule has 2 heteroatoms. The number of benzene rings is 2. The van der Waals surface area contributed by atoms with Crippen LogP contribution in [-0.2, 0) is 4.79 Å². The van der Waals surface area contributed by atoms with Crippen molar-refractivity contribution in [1.82, 2.24) is 0 Å². The number of allylic oxidation sites excluding steroid dienone is 2. The number of hydrogen-bond donors (Lipinski definition) is 0. The lowest BCUT2D eigenvalue weighted by molar-refractivity contribution is -0.120. The highest BCUT2D eigenvalue weighted by Gasteiger charge is 2.32. The fraction of sp³-hybridized carbons (Fsp3) is 0.316. The van der Waals surface area contributed by atoms with E-state index in [1.54, 1.807) is 0 Å². The van der Waals surface area contributed by atoms with E-state index < -0.39 is 0 Å². The monoisotopic (exact) mass is 280 g/mol. The first-order valence-electron chi connectivity index (χ1n) is 7.34. The van der Waals surface area contributed by atoms with Gasteiger partial charge in [0.2, 0.25) is 0 Å². The molecule has 0 bridgehead atoms. The predicted octanol–water partition coefficient (Wildman–Crippen LogP) is 4.88. The number of ketones is 1. The van der Waals surface area contributed by atoms with Crippen molar-refractivity contribution < 1.29 is 9.53 Å². The summed E-state index contributed by atoms with van der Waals surface area (Å²) in [5.74, 6) is 1.37. The topological polar surface area (TPSA) is 26.3 Å². The van der Waals surface area contributed by atoms with Gasteiger partial charge >= 0.3 is 0 Å². The summed E-state index contributed by atoms with van der Waals surface area (Å²) in [6.07, 6.45) is 1.45. The summed E-state index contributed by atoms with van der Waals surface area (Å²) >= 11 is 0. The second-order valence-electron chi connectivity index (χ2n) is 6.66. The number of fused-ring (bicyclic) bond motifs is 1. The molecule has 0 aliphatic heterocycles. The number of carbonyl (C=O) groups is 1. The Morgan fingerprint density at radius 2 is 1.71 bits per heavy atom. The van der Waals surface area contributed by atoms with E-state index in [1.165, 1.54) is 5.39 Å². The maximum absolute atomic E-state index is 12.3. The molecule has 0 heterocycles. The molecule has 0 aromatic heterocycles. The van der Waals surface area contributed by atoms with E-state index in [2.05, 4.69) is 26.0 Å². The van der Waals surface area contributed by atoms with Gasteiger partial charge < -0.3 is 4.74 Å². The summed E-state index contributed by atoms with van der Waals surface area (Å²) in [5.41, 5.74) is 1.08. The molecule has 21 heavy (non-hydrogen) atoms. The van der Waals surface area contributed by atoms with Crippen LogP contribution in [0.2, 0.25) is 0 Å². The van der Waals surface area contributed by atoms with Crippen molar-refractivity contribution in [3.63, 3.8) is 0 Å². The molecule has 0 saturated heterocycles. The van der Waals surface area contributed by atoms with Crippen molar-refractivity contribution >= 4 is 16.6 Å². The van der Waals surface area contributed by atoms with Crippen LogP contribution in [0.1, 0.15) is 33.6 Å². The highest BCUT2D eigenvalue weighted by atomic mass is 16.5. The molecule has 108 valence electrons. The van der Waals surface area contributed by atoms with Gasteiger partial charge in [-0.2, -0.15) is 0 Å². The van der Waals surface area contributed by atoms with Gasteiger partial charge in [-0.1, -0.05) is 44.2 Å². The van der Waals surface area contributed by atoms with Crippen molar-refractivity contribution in [2.75, 3.05) is 0 Å². The Balaban J connectivity index is 1.93. The summed E-state index contributed by atoms with van der Waals surface area (Å²) < 4.78 is 5.91. The van der Waals surface area contributed by atoms with Crippen LogP contribution in [0.15, 0.2) is 53.8 Å². The summed E-state index contributed by atoms with van der Waals surface area (Å²) in [7, 11) is 0. The molecule has 2 nitrogen and oxygen atoms in total. The van der Waals surface area contributed by atoms with Crippen LogP contribution in [0.4, 0.5) is 0 Å². The number of carbonyl (C=O) groups excluding carboxylic acids is 1. The lowest BCUT2D eigenvalue weighted by Crippen LogP contribution is -2.27. The van der Waals surface area contributed by atoms with Crippen LogP contribution in [-0.4, -0.2) is 5.78 Å². The lowest BCUT2D eigenvalue weighted by Gasteiger charge is -2.30. The first kappa shape index (κ1) is 13.9. The van der Waals surface area contributed by atoms with E-state index >= 15 is 0 Å². The average molecular weight is 280 g/mol. The molecule has 0 saturated carbocycles. The van der Waals surface area contributed by atoms with E-state index in [0.717, 1.165) is 23.1 Å². The van der Waals surface area contributed by atoms with Crippen LogP contribution >= 0.6 is 0 Å². The summed E-state index contributed by atoms with van der Waals surface area (Å²) in [5, 5.41) is 2.29. The minimum atomic E-state index is 0.0391. The smallest absolute Gasteiger partial charge is 0.198 e. The quantitative estimate of drug-likeness (QED) is 0.783. The van der Waals surface area contributed by atoms with E-state index in [4.69, 9.17) is 4.74 Å². The molecule has 0 N–H and O–H groups in total. The zero-order valence-electron chi connectivity index (χ0n) is 12.8. The maximum Gasteiger partial charge on any atom is 0.198 e. The van der Waals surface area contributed by atoms with Gasteiger partial charge in [0.1, 0.15) is 5.75 Å². The zero-order chi connectivity index (χ0) is 15.0. The average Bonchev–Trinajstić information content (AvgIpc) is 2.42. The molecular formula is C19H20O2. The van der Waals surface area contributed by atoms with Gasteiger partial charge in [-0.3, -0.25) is 4.79 Å². The standard InChI is InChI=1S/C19H20O2/c1-13-11-19(2,3)12-17(20)18(13)21-16-9-8-14-6-4-5-7-15(14)10-16/h4-10H,11-12H2,1-3H3. The van der Waals surface area contributed by atoms with Crippen molar-refractivity contribution in [2.45, 2.75) is 33.6 Å². The second-order valence-corrected chi connectivity index (χ2v) is 6.66. The van der Waals surface area contributed by atoms with E-state index in [1.807, 2.05) is 37.3 Å². The van der Waals surface area contributed by atoms with Crippen LogP contribution in [0.3, 0.4) is 0 Å². The Morgan fingerprint density at radius 1 is 1.00 bits per heavy atom. The van der Waals surface area contributed by atoms with Crippen molar-refractivity contribution in [3.05, 3.63) is 53.8 Å². The van der Waals surface area contributed by atoms with Crippen LogP contribution in [0.5, 0.6) is 5.75 Å². The van der Waals surface area contributed by atoms with Crippen LogP contribution in [0, 0.1) is 5.41 Å². The number of rotatable bonds is 2. The molecule has 2 aromatic rings. The molecule has 0 spiro atoms. The van der Waals surface area contributed by atoms with Gasteiger partial charge in [-0.05, 0) is 47.2 Å². The Bertz CT molecular complexity index is 738. The third-order valence-electron chi connectivity index (χ3n) is 3.96. The molecule has 1 aliphatic rings. The highest BCUT2D eigenvalue weighted by molar-refractivity contribution is 5.96. The van der Waals surface area contributed by atoms with Gasteiger partial charge in [-0.25, -0.2) is 0 Å². The Labute approximate surface area is 125 Å². The second kappa shape index (κ2) is 5.03. The van der Waals surface area contributed by atoms with E-state index in [0.29, 0.717) is 12.2 Å². The maximum atomic E-state index is 12.3. The van der Waals surface area contributed by atoms with Crippen LogP contribution in [0.25, 0.3) is 10.8 Å². The normalized spacial score (nSPS) is 18.1. The third kappa shape index (κ3) is 2.85. The highest BCUT2D eigenvalue weighted by Crippen LogP contribution is 2.37. The first-order valence-corrected chi connectivity index (χ1v) is 7.34. The molecular weight excluding hydrogens is 260 g/mol. The largest absolute Gasteiger partial charge is 0.454 e. The van der Waals surface area contributed by atoms with Gasteiger partial charge in [0, 0.05) is 6.42 Å². The summed E-state index contributed by atoms with van der Waals surface area (Å²) in [4.78, 5) is 12.3. The van der Waals surface area contributed by atoms with Gasteiger partial charge in [0.15, 0.2) is 11.5 Å². The fourth-order valence-corrected chi connectivity index (χ4v) is 3.11. The van der Waals surface area contributed by atoms with Gasteiger partial charge in [0.05, 0.1) is 0 Å². The minimum Gasteiger partial charge on any atom is -0.454 e. The molecule has 0 radical (unpaired) electrons. The number of hydrogen-bond acceptors (Lipinski definition) is 2. The summed E-state index contributed by atoms with van der Waals surface area (Å²) in [6.45, 7) is 6.25. The predicted molar refractivity (Wildman–Crippen MR) is 85.3 cm³/mol. The third-order valence-corrected chi connectivity index (χ3v) is 3.96. The lowest BCUT2D eigenvalue weighted by atomic mass is 9.76. The SMILES string of the molecule is CC1=C(Oc2ccc3ccccc3c2)C(=O)CC(C)(C)C1. The minimum absolute atomic E-state index is 0.0391. The number of Topliss-reactive ketones (excluding diaryl/α,β-unsaturated/α-hetero) is 1. The zero-order valence-corrected chi connectivity index (χ0v) is 12.8. The van der Waals surface area contributed by atoms with Gasteiger partial charge in [-0.15, -0.1) is 0 Å². The Morgan fingerprint density at radius 3 is 2.43 bits per heavy atom. The van der Waals surface area contributed by atoms with E-state index in [-0.39, 0.29) is 11.2 Å². The Hall–Kier alpha value is -2.09. The fourth-order valence-electron chi connectivity index (χ4n) is 3.11.